The monoisotopic (exact) mass is 590 g/mol. The minimum atomic E-state index is -1.12. The van der Waals surface area contributed by atoms with E-state index in [2.05, 4.69) is 36.3 Å². The first-order valence-corrected chi connectivity index (χ1v) is 16.7. The third kappa shape index (κ3) is 5.54. The summed E-state index contributed by atoms with van der Waals surface area (Å²) >= 11 is 0. The van der Waals surface area contributed by atoms with Crippen LogP contribution in [0.5, 0.6) is 0 Å². The van der Waals surface area contributed by atoms with Gasteiger partial charge in [-0.1, -0.05) is 51.8 Å². The van der Waals surface area contributed by atoms with Crippen LogP contribution in [0.15, 0.2) is 30.4 Å². The molecule has 8 nitrogen and oxygen atoms in total. The number of ether oxygens (including phenoxy) is 1. The molecule has 4 aliphatic heterocycles. The lowest BCUT2D eigenvalue weighted by Crippen LogP contribution is -2.58. The summed E-state index contributed by atoms with van der Waals surface area (Å²) in [5, 5.41) is 6.42. The largest absolute Gasteiger partial charge is 0.359 e. The average molecular weight is 591 g/mol. The van der Waals surface area contributed by atoms with Crippen molar-refractivity contribution in [2.24, 2.45) is 29.6 Å². The Kier molecular flexibility index (Phi) is 8.46. The van der Waals surface area contributed by atoms with Crippen LogP contribution in [0.2, 0.25) is 0 Å². The first-order valence-electron chi connectivity index (χ1n) is 16.7. The molecule has 8 heteroatoms. The highest BCUT2D eigenvalue weighted by molar-refractivity contribution is 6.02. The number of piperidine rings is 1. The van der Waals surface area contributed by atoms with Gasteiger partial charge in [-0.3, -0.25) is 14.4 Å². The van der Waals surface area contributed by atoms with Crippen molar-refractivity contribution in [3.63, 3.8) is 0 Å². The van der Waals surface area contributed by atoms with E-state index in [9.17, 15) is 14.4 Å². The van der Waals surface area contributed by atoms with Gasteiger partial charge in [-0.25, -0.2) is 0 Å². The molecular formula is C35H50N4O4. The topological polar surface area (TPSA) is 91.0 Å². The number of benzene rings is 1. The molecule has 1 saturated carbocycles. The third-order valence-electron chi connectivity index (χ3n) is 11.5. The number of nitrogens with one attached hydrogen (secondary N) is 2. The number of rotatable bonds is 8. The number of carbonyl (C=O) groups excluding carboxylic acids is 3. The summed E-state index contributed by atoms with van der Waals surface area (Å²) in [7, 11) is 0. The first-order chi connectivity index (χ1) is 20.6. The number of carbonyl (C=O) groups is 3. The van der Waals surface area contributed by atoms with E-state index in [0.29, 0.717) is 24.1 Å². The summed E-state index contributed by atoms with van der Waals surface area (Å²) < 4.78 is 6.57. The number of fused-ring (bicyclic) bond motifs is 1. The smallest absolute Gasteiger partial charge is 0.246 e. The van der Waals surface area contributed by atoms with Gasteiger partial charge in [0, 0.05) is 18.3 Å². The number of likely N-dealkylation sites (tertiary alicyclic amines) is 2. The lowest BCUT2D eigenvalue weighted by molar-refractivity contribution is -0.141. The van der Waals surface area contributed by atoms with Crippen LogP contribution >= 0.6 is 0 Å². The van der Waals surface area contributed by atoms with Gasteiger partial charge in [0.1, 0.15) is 11.6 Å². The minimum absolute atomic E-state index is 0.0745. The molecular weight excluding hydrogens is 540 g/mol. The highest BCUT2D eigenvalue weighted by atomic mass is 16.5. The van der Waals surface area contributed by atoms with Crippen LogP contribution < -0.4 is 10.6 Å². The normalized spacial score (nSPS) is 35.8. The van der Waals surface area contributed by atoms with Gasteiger partial charge in [0.05, 0.1) is 17.9 Å². The molecule has 6 rings (SSSR count). The number of anilines is 1. The van der Waals surface area contributed by atoms with Gasteiger partial charge in [-0.2, -0.15) is 0 Å². The van der Waals surface area contributed by atoms with Crippen LogP contribution in [0.25, 0.3) is 0 Å². The van der Waals surface area contributed by atoms with Crippen LogP contribution in [0.1, 0.15) is 70.4 Å². The van der Waals surface area contributed by atoms with E-state index < -0.39 is 29.6 Å². The summed E-state index contributed by atoms with van der Waals surface area (Å²) in [5.74, 6) is -0.241. The summed E-state index contributed by atoms with van der Waals surface area (Å²) in [6.45, 7) is 14.4. The second kappa shape index (κ2) is 12.0. The second-order valence-corrected chi connectivity index (χ2v) is 14.3. The molecule has 4 fully saturated rings. The first kappa shape index (κ1) is 30.3. The fourth-order valence-electron chi connectivity index (χ4n) is 8.35. The van der Waals surface area contributed by atoms with Crippen molar-refractivity contribution in [2.75, 3.05) is 31.5 Å². The molecule has 3 saturated heterocycles. The van der Waals surface area contributed by atoms with E-state index in [1.54, 1.807) is 4.90 Å². The zero-order valence-electron chi connectivity index (χ0n) is 26.6. The molecule has 8 atom stereocenters. The molecule has 2 N–H and O–H groups in total. The Labute approximate surface area is 257 Å². The molecule has 0 aromatic heterocycles. The Morgan fingerprint density at radius 2 is 1.77 bits per heavy atom. The van der Waals surface area contributed by atoms with Gasteiger partial charge in [0.15, 0.2) is 0 Å². The van der Waals surface area contributed by atoms with Crippen molar-refractivity contribution in [1.29, 1.82) is 0 Å². The second-order valence-electron chi connectivity index (χ2n) is 14.3. The number of hydrogen-bond acceptors (Lipinski definition) is 5. The molecule has 4 heterocycles. The van der Waals surface area contributed by atoms with E-state index in [1.165, 1.54) is 19.3 Å². The maximum atomic E-state index is 14.3. The Morgan fingerprint density at radius 3 is 2.51 bits per heavy atom. The van der Waals surface area contributed by atoms with Gasteiger partial charge >= 0.3 is 0 Å². The van der Waals surface area contributed by atoms with Crippen molar-refractivity contribution in [3.8, 4) is 0 Å². The number of aryl methyl sites for hydroxylation is 2. The maximum absolute atomic E-state index is 14.3. The predicted molar refractivity (Wildman–Crippen MR) is 167 cm³/mol. The van der Waals surface area contributed by atoms with Crippen LogP contribution in [-0.2, 0) is 19.1 Å². The number of hydrogen-bond donors (Lipinski definition) is 2. The molecule has 1 aromatic carbocycles. The van der Waals surface area contributed by atoms with Crippen molar-refractivity contribution < 1.29 is 19.1 Å². The minimum Gasteiger partial charge on any atom is -0.359 e. The molecule has 234 valence electrons. The summed E-state index contributed by atoms with van der Waals surface area (Å²) in [4.78, 5) is 46.6. The maximum Gasteiger partial charge on any atom is 0.246 e. The van der Waals surface area contributed by atoms with E-state index >= 15 is 0 Å². The fourth-order valence-corrected chi connectivity index (χ4v) is 8.35. The van der Waals surface area contributed by atoms with Crippen LogP contribution in [0.4, 0.5) is 5.69 Å². The van der Waals surface area contributed by atoms with Gasteiger partial charge in [-0.15, -0.1) is 0 Å². The molecule has 3 amide bonds. The number of amides is 3. The van der Waals surface area contributed by atoms with Crippen LogP contribution in [-0.4, -0.2) is 77.5 Å². The standard InChI is InChI=1S/C35H50N4O4/c1-21-13-18-38(19-14-21)16-7-17-39-31(33(41)37-27-9-6-8-23(3)25(27)5)35-15-12-28(43-35)29(30(35)34(39)42)32(40)36-26-11-10-22(2)24(4)20-26/h10-12,15,20-21,23,25,27-31H,6-9,13-14,16-19H2,1-5H3,(H,36,40)(H,37,41)/t23-,25-,27-,28+,29-,30+,31+,35+/m1/s1. The molecule has 1 aromatic rings. The molecule has 0 radical (unpaired) electrons. The average Bonchev–Trinajstić information content (AvgIpc) is 3.62. The third-order valence-corrected chi connectivity index (χ3v) is 11.5. The lowest BCUT2D eigenvalue weighted by Gasteiger charge is -2.38. The summed E-state index contributed by atoms with van der Waals surface area (Å²) in [5.41, 5.74) is 1.83. The highest BCUT2D eigenvalue weighted by Crippen LogP contribution is 2.55. The van der Waals surface area contributed by atoms with E-state index in [1.807, 2.05) is 44.2 Å². The Hall–Kier alpha value is -2.71. The molecule has 0 unspecified atom stereocenters. The molecule has 5 aliphatic rings. The van der Waals surface area contributed by atoms with E-state index in [4.69, 9.17) is 4.74 Å². The van der Waals surface area contributed by atoms with Gasteiger partial charge in [0.25, 0.3) is 0 Å². The zero-order valence-corrected chi connectivity index (χ0v) is 26.6. The Bertz CT molecular complexity index is 1270. The molecule has 1 spiro atoms. The van der Waals surface area contributed by atoms with Gasteiger partial charge in [0.2, 0.25) is 17.7 Å². The highest BCUT2D eigenvalue weighted by Gasteiger charge is 2.72. The summed E-state index contributed by atoms with van der Waals surface area (Å²) in [6, 6.07) is 5.14. The summed E-state index contributed by atoms with van der Waals surface area (Å²) in [6.07, 6.45) is 9.70. The SMILES string of the molecule is Cc1ccc(NC(=O)[C@@H]2[C@@H]3C=C[C@]4(O3)[C@@H]2C(=O)N(CCCN2CCC(C)CC2)[C@H]4C(=O)N[C@@H]2CCC[C@@H](C)[C@H]2C)cc1C. The van der Waals surface area contributed by atoms with E-state index in [-0.39, 0.29) is 23.8 Å². The van der Waals surface area contributed by atoms with Crippen molar-refractivity contribution in [1.82, 2.24) is 15.1 Å². The fraction of sp³-hybridized carbons (Fsp3) is 0.686. The van der Waals surface area contributed by atoms with Crippen LogP contribution in [0, 0.1) is 43.4 Å². The Morgan fingerprint density at radius 1 is 1.00 bits per heavy atom. The molecule has 43 heavy (non-hydrogen) atoms. The lowest BCUT2D eigenvalue weighted by atomic mass is 9.73. The molecule has 2 bridgehead atoms. The van der Waals surface area contributed by atoms with Crippen molar-refractivity contribution in [2.45, 2.75) is 96.9 Å². The predicted octanol–water partition coefficient (Wildman–Crippen LogP) is 4.46. The van der Waals surface area contributed by atoms with Gasteiger partial charge in [-0.05, 0) is 100 Å². The number of nitrogens with zero attached hydrogens (tertiary/aromatic N) is 2. The van der Waals surface area contributed by atoms with Crippen LogP contribution in [0.3, 0.4) is 0 Å². The van der Waals surface area contributed by atoms with Crippen molar-refractivity contribution >= 4 is 23.4 Å². The van der Waals surface area contributed by atoms with Crippen molar-refractivity contribution in [3.05, 3.63) is 41.5 Å². The van der Waals surface area contributed by atoms with Gasteiger partial charge < -0.3 is 25.2 Å². The quantitative estimate of drug-likeness (QED) is 0.437. The molecule has 1 aliphatic carbocycles. The van der Waals surface area contributed by atoms with E-state index in [0.717, 1.165) is 55.9 Å². The Balaban J connectivity index is 1.24. The zero-order chi connectivity index (χ0) is 30.5.